The Labute approximate surface area is 116 Å². The second kappa shape index (κ2) is 5.91. The minimum Gasteiger partial charge on any atom is -0.392 e. The number of hydrogen-bond acceptors (Lipinski definition) is 3. The first-order chi connectivity index (χ1) is 8.58. The molecule has 2 aromatic rings. The van der Waals surface area contributed by atoms with E-state index in [1.54, 1.807) is 18.7 Å². The molecule has 0 aliphatic rings. The average molecular weight is 282 g/mol. The number of rotatable bonds is 4. The van der Waals surface area contributed by atoms with Crippen LogP contribution in [0.2, 0.25) is 5.15 Å². The van der Waals surface area contributed by atoms with Gasteiger partial charge in [0.2, 0.25) is 0 Å². The lowest BCUT2D eigenvalue weighted by molar-refractivity contribution is 0.196. The Morgan fingerprint density at radius 2 is 2.06 bits per heavy atom. The molecule has 0 saturated heterocycles. The van der Waals surface area contributed by atoms with E-state index in [0.717, 1.165) is 22.2 Å². The fourth-order valence-electron chi connectivity index (χ4n) is 1.60. The molecule has 18 heavy (non-hydrogen) atoms. The van der Waals surface area contributed by atoms with Crippen molar-refractivity contribution in [2.45, 2.75) is 31.0 Å². The molecule has 96 valence electrons. The van der Waals surface area contributed by atoms with Crippen LogP contribution in [0, 0.1) is 0 Å². The number of para-hydroxylation sites is 1. The number of aromatic nitrogens is 1. The molecule has 0 aliphatic heterocycles. The van der Waals surface area contributed by atoms with Crippen molar-refractivity contribution in [2.75, 3.05) is 0 Å². The molecule has 1 aromatic carbocycles. The third-order valence-electron chi connectivity index (χ3n) is 2.93. The largest absolute Gasteiger partial charge is 0.392 e. The fourth-order valence-corrected chi connectivity index (χ4v) is 2.83. The van der Waals surface area contributed by atoms with Gasteiger partial charge in [0.15, 0.2) is 0 Å². The molecule has 1 heterocycles. The molecule has 2 rings (SSSR count). The van der Waals surface area contributed by atoms with E-state index in [-0.39, 0.29) is 11.4 Å². The maximum absolute atomic E-state index is 9.47. The van der Waals surface area contributed by atoms with Crippen molar-refractivity contribution in [2.24, 2.45) is 0 Å². The third-order valence-corrected chi connectivity index (χ3v) is 4.66. The van der Waals surface area contributed by atoms with Gasteiger partial charge in [-0.15, -0.1) is 0 Å². The van der Waals surface area contributed by atoms with E-state index >= 15 is 0 Å². The molecule has 0 fully saturated rings. The van der Waals surface area contributed by atoms with Gasteiger partial charge in [-0.05, 0) is 19.1 Å². The fraction of sp³-hybridized carbons (Fsp3) is 0.357. The molecule has 2 atom stereocenters. The second-order valence-corrected chi connectivity index (χ2v) is 6.11. The van der Waals surface area contributed by atoms with E-state index in [4.69, 9.17) is 11.6 Å². The van der Waals surface area contributed by atoms with Gasteiger partial charge in [-0.2, -0.15) is 11.8 Å². The molecule has 0 saturated carbocycles. The van der Waals surface area contributed by atoms with E-state index in [9.17, 15) is 5.11 Å². The molecule has 0 radical (unpaired) electrons. The van der Waals surface area contributed by atoms with Crippen LogP contribution in [-0.4, -0.2) is 21.4 Å². The Balaban J connectivity index is 2.20. The predicted octanol–water partition coefficient (Wildman–Crippen LogP) is 3.89. The Morgan fingerprint density at radius 1 is 1.33 bits per heavy atom. The number of aliphatic hydroxyl groups excluding tert-OH is 1. The SMILES string of the molecule is CC(O)C(C)SCc1cc2ccccc2nc1Cl. The summed E-state index contributed by atoms with van der Waals surface area (Å²) in [5.41, 5.74) is 1.94. The second-order valence-electron chi connectivity index (χ2n) is 4.39. The van der Waals surface area contributed by atoms with E-state index < -0.39 is 0 Å². The monoisotopic (exact) mass is 281 g/mol. The molecule has 0 amide bonds. The van der Waals surface area contributed by atoms with Crippen molar-refractivity contribution >= 4 is 34.3 Å². The quantitative estimate of drug-likeness (QED) is 0.863. The molecular weight excluding hydrogens is 266 g/mol. The summed E-state index contributed by atoms with van der Waals surface area (Å²) in [5, 5.41) is 11.3. The standard InChI is InChI=1S/C14H16ClNOS/c1-9(17)10(2)18-8-12-7-11-5-3-4-6-13(11)16-14(12)15/h3-7,9-10,17H,8H2,1-2H3. The van der Waals surface area contributed by atoms with Crippen LogP contribution >= 0.6 is 23.4 Å². The van der Waals surface area contributed by atoms with Gasteiger partial charge < -0.3 is 5.11 Å². The van der Waals surface area contributed by atoms with E-state index in [0.29, 0.717) is 5.15 Å². The summed E-state index contributed by atoms with van der Waals surface area (Å²) in [4.78, 5) is 4.39. The summed E-state index contributed by atoms with van der Waals surface area (Å²) in [6.07, 6.45) is -0.317. The first-order valence-corrected chi connectivity index (χ1v) is 7.34. The zero-order chi connectivity index (χ0) is 13.1. The lowest BCUT2D eigenvalue weighted by Gasteiger charge is -2.14. The van der Waals surface area contributed by atoms with Crippen LogP contribution in [0.3, 0.4) is 0 Å². The minimum atomic E-state index is -0.317. The number of fused-ring (bicyclic) bond motifs is 1. The maximum Gasteiger partial charge on any atom is 0.133 e. The van der Waals surface area contributed by atoms with Gasteiger partial charge in [-0.3, -0.25) is 0 Å². The number of halogens is 1. The molecule has 2 nitrogen and oxygen atoms in total. The van der Waals surface area contributed by atoms with Crippen molar-refractivity contribution < 1.29 is 5.11 Å². The normalized spacial score (nSPS) is 14.7. The minimum absolute atomic E-state index is 0.188. The van der Waals surface area contributed by atoms with Gasteiger partial charge in [0.25, 0.3) is 0 Å². The number of hydrogen-bond donors (Lipinski definition) is 1. The number of nitrogens with zero attached hydrogens (tertiary/aromatic N) is 1. The van der Waals surface area contributed by atoms with Crippen molar-refractivity contribution in [1.29, 1.82) is 0 Å². The van der Waals surface area contributed by atoms with Crippen LogP contribution in [-0.2, 0) is 5.75 Å². The maximum atomic E-state index is 9.47. The topological polar surface area (TPSA) is 33.1 Å². The molecule has 2 unspecified atom stereocenters. The Kier molecular flexibility index (Phi) is 4.49. The molecule has 0 aliphatic carbocycles. The van der Waals surface area contributed by atoms with E-state index in [1.165, 1.54) is 0 Å². The smallest absolute Gasteiger partial charge is 0.133 e. The summed E-state index contributed by atoms with van der Waals surface area (Å²) >= 11 is 7.87. The van der Waals surface area contributed by atoms with E-state index in [1.807, 2.05) is 31.2 Å². The van der Waals surface area contributed by atoms with Crippen LogP contribution in [0.5, 0.6) is 0 Å². The molecular formula is C14H16ClNOS. The predicted molar refractivity (Wildman–Crippen MR) is 79.2 cm³/mol. The van der Waals surface area contributed by atoms with Crippen LogP contribution in [0.25, 0.3) is 10.9 Å². The Morgan fingerprint density at radius 3 is 2.78 bits per heavy atom. The highest BCUT2D eigenvalue weighted by atomic mass is 35.5. The summed E-state index contributed by atoms with van der Waals surface area (Å²) in [6, 6.07) is 10.0. The zero-order valence-electron chi connectivity index (χ0n) is 10.4. The first kappa shape index (κ1) is 13.7. The van der Waals surface area contributed by atoms with Crippen LogP contribution in [0.1, 0.15) is 19.4 Å². The van der Waals surface area contributed by atoms with Crippen molar-refractivity contribution in [3.63, 3.8) is 0 Å². The number of pyridine rings is 1. The highest BCUT2D eigenvalue weighted by molar-refractivity contribution is 7.99. The van der Waals surface area contributed by atoms with Crippen molar-refractivity contribution in [3.05, 3.63) is 41.0 Å². The highest BCUT2D eigenvalue weighted by Gasteiger charge is 2.11. The third kappa shape index (κ3) is 3.16. The van der Waals surface area contributed by atoms with Crippen molar-refractivity contribution in [1.82, 2.24) is 4.98 Å². The lowest BCUT2D eigenvalue weighted by atomic mass is 10.2. The summed E-state index contributed by atoms with van der Waals surface area (Å²) in [6.45, 7) is 3.82. The Bertz CT molecular complexity index is 544. The molecule has 0 bridgehead atoms. The number of benzene rings is 1. The van der Waals surface area contributed by atoms with Gasteiger partial charge >= 0.3 is 0 Å². The van der Waals surface area contributed by atoms with Crippen molar-refractivity contribution in [3.8, 4) is 0 Å². The van der Waals surface area contributed by atoms with E-state index in [2.05, 4.69) is 11.1 Å². The number of thioether (sulfide) groups is 1. The molecule has 4 heteroatoms. The van der Waals surface area contributed by atoms with Gasteiger partial charge in [0.1, 0.15) is 5.15 Å². The Hall–Kier alpha value is -0.770. The highest BCUT2D eigenvalue weighted by Crippen LogP contribution is 2.26. The van der Waals surface area contributed by atoms with Crippen LogP contribution in [0.4, 0.5) is 0 Å². The summed E-state index contributed by atoms with van der Waals surface area (Å²) in [7, 11) is 0. The van der Waals surface area contributed by atoms with Gasteiger partial charge in [0.05, 0.1) is 11.6 Å². The first-order valence-electron chi connectivity index (χ1n) is 5.92. The zero-order valence-corrected chi connectivity index (χ0v) is 12.0. The van der Waals surface area contributed by atoms with Crippen LogP contribution in [0.15, 0.2) is 30.3 Å². The molecule has 1 N–H and O–H groups in total. The number of aliphatic hydroxyl groups is 1. The summed E-state index contributed by atoms with van der Waals surface area (Å²) < 4.78 is 0. The molecule has 1 aromatic heterocycles. The van der Waals surface area contributed by atoms with Gasteiger partial charge in [0, 0.05) is 22.0 Å². The van der Waals surface area contributed by atoms with Gasteiger partial charge in [-0.25, -0.2) is 4.98 Å². The molecule has 0 spiro atoms. The average Bonchev–Trinajstić information content (AvgIpc) is 2.35. The van der Waals surface area contributed by atoms with Crippen LogP contribution < -0.4 is 0 Å². The summed E-state index contributed by atoms with van der Waals surface area (Å²) in [5.74, 6) is 0.767. The lowest BCUT2D eigenvalue weighted by Crippen LogP contribution is -2.15. The van der Waals surface area contributed by atoms with Gasteiger partial charge in [-0.1, -0.05) is 36.7 Å².